The van der Waals surface area contributed by atoms with Crippen LogP contribution in [0, 0.1) is 0 Å². The summed E-state index contributed by atoms with van der Waals surface area (Å²) in [7, 11) is 0. The Bertz CT molecular complexity index is 1060. The highest BCUT2D eigenvalue weighted by atomic mass is 35.5. The van der Waals surface area contributed by atoms with Crippen molar-refractivity contribution in [3.8, 4) is 0 Å². The molecule has 0 radical (unpaired) electrons. The van der Waals surface area contributed by atoms with Gasteiger partial charge < -0.3 is 5.73 Å². The van der Waals surface area contributed by atoms with E-state index in [1.807, 2.05) is 0 Å². The van der Waals surface area contributed by atoms with Crippen LogP contribution in [-0.4, -0.2) is 35.1 Å². The fraction of sp³-hybridized carbons (Fsp3) is 0. The second-order valence-corrected chi connectivity index (χ2v) is 5.21. The van der Waals surface area contributed by atoms with E-state index in [1.165, 1.54) is 0 Å². The molecule has 0 bridgehead atoms. The summed E-state index contributed by atoms with van der Waals surface area (Å²) in [6, 6.07) is 3.31. The highest BCUT2D eigenvalue weighted by Gasteiger charge is 2.03. The first-order chi connectivity index (χ1) is 11.6. The van der Waals surface area contributed by atoms with Gasteiger partial charge in [-0.2, -0.15) is 10.2 Å². The zero-order valence-electron chi connectivity index (χ0n) is 12.1. The van der Waals surface area contributed by atoms with E-state index in [1.54, 1.807) is 46.0 Å². The number of nitrogens with zero attached hydrogens (tertiary/aromatic N) is 7. The summed E-state index contributed by atoms with van der Waals surface area (Å²) < 4.78 is 3.16. The van der Waals surface area contributed by atoms with Gasteiger partial charge in [-0.1, -0.05) is 23.2 Å². The number of fused-ring (bicyclic) bond motifs is 2. The van der Waals surface area contributed by atoms with Crippen molar-refractivity contribution in [1.29, 1.82) is 0 Å². The molecule has 10 heteroatoms. The van der Waals surface area contributed by atoms with Crippen molar-refractivity contribution < 1.29 is 0 Å². The first kappa shape index (κ1) is 15.9. The van der Waals surface area contributed by atoms with Crippen molar-refractivity contribution in [1.82, 2.24) is 29.2 Å². The molecule has 0 saturated carbocycles. The van der Waals surface area contributed by atoms with E-state index in [0.717, 1.165) is 0 Å². The van der Waals surface area contributed by atoms with Crippen LogP contribution >= 0.6 is 23.2 Å². The quantitative estimate of drug-likeness (QED) is 0.415. The van der Waals surface area contributed by atoms with E-state index in [-0.39, 0.29) is 0 Å². The minimum atomic E-state index is 0.411. The van der Waals surface area contributed by atoms with Crippen LogP contribution in [0.4, 0.5) is 11.4 Å². The molecule has 4 heterocycles. The SMILES string of the molecule is C=C=Nc1cnn2ccc(Cl)nc12.Nc1cnn2ccc(Cl)nc12. The van der Waals surface area contributed by atoms with Gasteiger partial charge in [-0.3, -0.25) is 0 Å². The maximum Gasteiger partial charge on any atom is 0.183 e. The Morgan fingerprint density at radius 1 is 1.00 bits per heavy atom. The summed E-state index contributed by atoms with van der Waals surface area (Å²) in [6.07, 6.45) is 6.54. The van der Waals surface area contributed by atoms with E-state index in [4.69, 9.17) is 28.9 Å². The minimum Gasteiger partial charge on any atom is -0.394 e. The summed E-state index contributed by atoms with van der Waals surface area (Å²) in [5, 5.41) is 8.77. The third kappa shape index (κ3) is 3.21. The highest BCUT2D eigenvalue weighted by molar-refractivity contribution is 6.29. The van der Waals surface area contributed by atoms with Gasteiger partial charge in [0.2, 0.25) is 0 Å². The zero-order chi connectivity index (χ0) is 17.1. The third-order valence-electron chi connectivity index (χ3n) is 2.88. The van der Waals surface area contributed by atoms with Gasteiger partial charge in [0.25, 0.3) is 0 Å². The van der Waals surface area contributed by atoms with Gasteiger partial charge in [-0.05, 0) is 24.6 Å². The lowest BCUT2D eigenvalue weighted by Gasteiger charge is -1.92. The molecule has 0 aliphatic rings. The van der Waals surface area contributed by atoms with Gasteiger partial charge in [-0.25, -0.2) is 24.0 Å². The Hall–Kier alpha value is -2.93. The smallest absolute Gasteiger partial charge is 0.183 e. The first-order valence-electron chi connectivity index (χ1n) is 6.56. The molecule has 4 aromatic rings. The third-order valence-corrected chi connectivity index (χ3v) is 3.30. The monoisotopic (exact) mass is 360 g/mol. The molecule has 4 rings (SSSR count). The number of aliphatic imine (C=N–C) groups is 1. The lowest BCUT2D eigenvalue weighted by molar-refractivity contribution is 0.939. The van der Waals surface area contributed by atoms with E-state index < -0.39 is 0 Å². The van der Waals surface area contributed by atoms with Crippen LogP contribution in [0.5, 0.6) is 0 Å². The molecule has 0 aliphatic heterocycles. The molecule has 0 amide bonds. The second kappa shape index (κ2) is 6.67. The van der Waals surface area contributed by atoms with Crippen molar-refractivity contribution in [3.63, 3.8) is 0 Å². The Labute approximate surface area is 145 Å². The molecule has 0 atom stereocenters. The molecule has 8 nitrogen and oxygen atoms in total. The van der Waals surface area contributed by atoms with Crippen LogP contribution in [0.1, 0.15) is 0 Å². The Kier molecular flexibility index (Phi) is 4.43. The Morgan fingerprint density at radius 3 is 2.25 bits per heavy atom. The number of halogens is 2. The van der Waals surface area contributed by atoms with E-state index >= 15 is 0 Å². The predicted molar refractivity (Wildman–Crippen MR) is 93.1 cm³/mol. The van der Waals surface area contributed by atoms with Gasteiger partial charge in [0, 0.05) is 12.4 Å². The number of anilines is 1. The summed E-state index contributed by atoms with van der Waals surface area (Å²) in [5.74, 6) is 2.42. The van der Waals surface area contributed by atoms with Crippen LogP contribution in [0.15, 0.2) is 48.5 Å². The number of aromatic nitrogens is 6. The number of hydrogen-bond donors (Lipinski definition) is 1. The summed E-state index contributed by atoms with van der Waals surface area (Å²) >= 11 is 11.4. The minimum absolute atomic E-state index is 0.411. The van der Waals surface area contributed by atoms with E-state index in [0.29, 0.717) is 33.0 Å². The highest BCUT2D eigenvalue weighted by Crippen LogP contribution is 2.18. The average Bonchev–Trinajstić information content (AvgIpc) is 3.13. The Balaban J connectivity index is 0.000000143. The maximum absolute atomic E-state index is 5.72. The normalized spacial score (nSPS) is 10.2. The molecular formula is C14H10Cl2N8. The summed E-state index contributed by atoms with van der Waals surface area (Å²) in [6.45, 7) is 3.38. The summed E-state index contributed by atoms with van der Waals surface area (Å²) in [5.41, 5.74) is 7.88. The fourth-order valence-electron chi connectivity index (χ4n) is 1.86. The van der Waals surface area contributed by atoms with Crippen molar-refractivity contribution in [2.45, 2.75) is 0 Å². The largest absolute Gasteiger partial charge is 0.394 e. The molecule has 24 heavy (non-hydrogen) atoms. The van der Waals surface area contributed by atoms with E-state index in [2.05, 4.69) is 37.6 Å². The average molecular weight is 361 g/mol. The molecule has 0 spiro atoms. The molecule has 0 fully saturated rings. The van der Waals surface area contributed by atoms with Gasteiger partial charge in [-0.15, -0.1) is 0 Å². The van der Waals surface area contributed by atoms with Crippen LogP contribution in [0.2, 0.25) is 10.3 Å². The first-order valence-corrected chi connectivity index (χ1v) is 7.32. The standard InChI is InChI=1S/C8H5ClN4.C6H5ClN4/c1-2-10-6-5-11-13-4-3-7(9)12-8(6)13;7-5-1-2-11-6(10-5)4(8)3-9-11/h3-5H,1H2;1-3H,8H2. The topological polar surface area (TPSA) is 98.8 Å². The molecule has 0 unspecified atom stereocenters. The van der Waals surface area contributed by atoms with Crippen molar-refractivity contribution in [2.75, 3.05) is 5.73 Å². The zero-order valence-corrected chi connectivity index (χ0v) is 13.6. The molecule has 4 aromatic heterocycles. The molecule has 0 aromatic carbocycles. The van der Waals surface area contributed by atoms with Crippen LogP contribution in [0.3, 0.4) is 0 Å². The van der Waals surface area contributed by atoms with Gasteiger partial charge >= 0.3 is 0 Å². The van der Waals surface area contributed by atoms with Crippen molar-refractivity contribution >= 4 is 51.7 Å². The van der Waals surface area contributed by atoms with E-state index in [9.17, 15) is 0 Å². The predicted octanol–water partition coefficient (Wildman–Crippen LogP) is 2.83. The number of nitrogen functional groups attached to an aromatic ring is 1. The molecule has 0 aliphatic carbocycles. The lowest BCUT2D eigenvalue weighted by Crippen LogP contribution is -1.90. The van der Waals surface area contributed by atoms with Crippen molar-refractivity contribution in [3.05, 3.63) is 53.8 Å². The van der Waals surface area contributed by atoms with Gasteiger partial charge in [0.15, 0.2) is 11.3 Å². The second-order valence-electron chi connectivity index (χ2n) is 4.44. The van der Waals surface area contributed by atoms with Crippen LogP contribution in [-0.2, 0) is 0 Å². The Morgan fingerprint density at radius 2 is 1.58 bits per heavy atom. The number of rotatable bonds is 1. The van der Waals surface area contributed by atoms with Crippen LogP contribution < -0.4 is 5.73 Å². The van der Waals surface area contributed by atoms with Crippen molar-refractivity contribution in [2.24, 2.45) is 4.99 Å². The molecule has 0 saturated heterocycles. The molecule has 120 valence electrons. The number of nitrogens with two attached hydrogens (primary N) is 1. The maximum atomic E-state index is 5.72. The lowest BCUT2D eigenvalue weighted by atomic mass is 10.5. The summed E-state index contributed by atoms with van der Waals surface area (Å²) in [4.78, 5) is 11.9. The molecule has 2 N–H and O–H groups in total. The fourth-order valence-corrected chi connectivity index (χ4v) is 2.14. The van der Waals surface area contributed by atoms with Crippen LogP contribution in [0.25, 0.3) is 11.3 Å². The van der Waals surface area contributed by atoms with Gasteiger partial charge in [0.05, 0.1) is 18.1 Å². The number of hydrogen-bond acceptors (Lipinski definition) is 6. The molecular weight excluding hydrogens is 351 g/mol. The van der Waals surface area contributed by atoms with Gasteiger partial charge in [0.1, 0.15) is 16.0 Å².